The Kier molecular flexibility index (Phi) is 27.3. The van der Waals surface area contributed by atoms with Crippen LogP contribution in [-0.4, -0.2) is 124 Å². The van der Waals surface area contributed by atoms with Crippen molar-refractivity contribution in [3.05, 3.63) is 71.8 Å². The molecule has 0 saturated heterocycles. The van der Waals surface area contributed by atoms with Gasteiger partial charge in [0.2, 0.25) is 0 Å². The number of benzene rings is 2. The summed E-state index contributed by atoms with van der Waals surface area (Å²) in [6.07, 6.45) is -1.40. The van der Waals surface area contributed by atoms with Crippen molar-refractivity contribution in [1.82, 2.24) is 21.3 Å². The number of ether oxygens (including phenoxy) is 7. The van der Waals surface area contributed by atoms with Crippen molar-refractivity contribution in [2.45, 2.75) is 135 Å². The summed E-state index contributed by atoms with van der Waals surface area (Å²) >= 11 is 0. The molecule has 0 aliphatic heterocycles. The number of ketones is 2. The van der Waals surface area contributed by atoms with Crippen molar-refractivity contribution >= 4 is 35.9 Å². The second kappa shape index (κ2) is 31.6. The van der Waals surface area contributed by atoms with E-state index in [0.29, 0.717) is 50.3 Å². The van der Waals surface area contributed by atoms with Gasteiger partial charge in [-0.3, -0.25) is 9.59 Å². The third kappa shape index (κ3) is 26.6. The number of unbranched alkanes of at least 4 members (excludes halogenated alkanes) is 2. The zero-order chi connectivity index (χ0) is 49.6. The van der Waals surface area contributed by atoms with Crippen molar-refractivity contribution in [2.75, 3.05) is 59.3 Å². The molecule has 2 rings (SSSR count). The van der Waals surface area contributed by atoms with Crippen LogP contribution >= 0.6 is 0 Å². The van der Waals surface area contributed by atoms with Crippen LogP contribution in [0.3, 0.4) is 0 Å². The van der Waals surface area contributed by atoms with Crippen LogP contribution in [0.4, 0.5) is 19.2 Å². The quantitative estimate of drug-likeness (QED) is 0.0297. The van der Waals surface area contributed by atoms with Gasteiger partial charge in [0, 0.05) is 32.7 Å². The van der Waals surface area contributed by atoms with Gasteiger partial charge in [0.1, 0.15) is 30.0 Å². The fourth-order valence-corrected chi connectivity index (χ4v) is 6.26. The van der Waals surface area contributed by atoms with E-state index in [4.69, 9.17) is 44.6 Å². The van der Waals surface area contributed by atoms with Crippen LogP contribution in [0.15, 0.2) is 60.7 Å². The lowest BCUT2D eigenvalue weighted by molar-refractivity contribution is -0.138. The molecule has 376 valence electrons. The number of nitrogens with two attached hydrogens (primary N) is 2. The summed E-state index contributed by atoms with van der Waals surface area (Å²) < 4.78 is 38.4. The Morgan fingerprint density at radius 3 is 1.30 bits per heavy atom. The molecule has 0 bridgehead atoms. The smallest absolute Gasteiger partial charge is 0.408 e. The third-order valence-corrected chi connectivity index (χ3v) is 9.58. The van der Waals surface area contributed by atoms with Crippen LogP contribution in [0.25, 0.3) is 0 Å². The third-order valence-electron chi connectivity index (χ3n) is 9.58. The Morgan fingerprint density at radius 2 is 0.910 bits per heavy atom. The molecule has 0 aliphatic carbocycles. The molecule has 0 unspecified atom stereocenters. The van der Waals surface area contributed by atoms with Gasteiger partial charge in [-0.15, -0.1) is 0 Å². The topological polar surface area (TPSA) is 267 Å². The molecule has 0 aromatic heterocycles. The predicted molar refractivity (Wildman–Crippen MR) is 251 cm³/mol. The standard InChI is InChI=1S/C48H76N6O13/c1-46(2,3)66-42(57)51-26-15-13-22-38(53-44(59)64-34-36-18-9-7-10-19-36)40(55)48(50,24-29-62-31-33-63-32-30-61-28-17-25-49)41(56)39(23-14-16-27-52-43(58)67-47(4,5)6)54-45(60)65-35-37-20-11-8-12-21-37/h7-12,18-21,38-39H,13-17,22-35,49-50H2,1-6H3,(H,51,57)(H,52,58)(H,53,59)(H,54,60)/t38-,39-/m0/s1. The first-order chi connectivity index (χ1) is 31.8. The lowest BCUT2D eigenvalue weighted by Gasteiger charge is -2.34. The highest BCUT2D eigenvalue weighted by Crippen LogP contribution is 2.21. The largest absolute Gasteiger partial charge is 0.445 e. The van der Waals surface area contributed by atoms with Gasteiger partial charge < -0.3 is 65.9 Å². The Bertz CT molecular complexity index is 1640. The Labute approximate surface area is 395 Å². The molecular formula is C48H76N6O13. The maximum Gasteiger partial charge on any atom is 0.408 e. The first kappa shape index (κ1) is 57.8. The fraction of sp³-hybridized carbons (Fsp3) is 0.625. The normalized spacial score (nSPS) is 12.5. The van der Waals surface area contributed by atoms with E-state index in [1.165, 1.54) is 0 Å². The number of hydrogen-bond acceptors (Lipinski definition) is 15. The summed E-state index contributed by atoms with van der Waals surface area (Å²) in [6.45, 7) is 12.4. The van der Waals surface area contributed by atoms with Gasteiger partial charge in [-0.05, 0) is 104 Å². The Balaban J connectivity index is 2.39. The number of nitrogens with one attached hydrogen (secondary N) is 4. The van der Waals surface area contributed by atoms with Crippen LogP contribution in [0.1, 0.15) is 104 Å². The van der Waals surface area contributed by atoms with Gasteiger partial charge in [-0.2, -0.15) is 0 Å². The molecule has 19 heteroatoms. The van der Waals surface area contributed by atoms with Crippen molar-refractivity contribution < 1.29 is 61.9 Å². The number of Topliss-reactive ketones (excluding diaryl/α,β-unsaturated/α-hetero) is 2. The van der Waals surface area contributed by atoms with E-state index in [1.54, 1.807) is 90.1 Å². The molecule has 4 amide bonds. The highest BCUT2D eigenvalue weighted by Gasteiger charge is 2.48. The summed E-state index contributed by atoms with van der Waals surface area (Å²) in [6, 6.07) is 15.1. The average molecular weight is 945 g/mol. The van der Waals surface area contributed by atoms with Crippen LogP contribution in [0.2, 0.25) is 0 Å². The molecule has 0 heterocycles. The van der Waals surface area contributed by atoms with Crippen LogP contribution < -0.4 is 32.7 Å². The molecule has 19 nitrogen and oxygen atoms in total. The Hall–Kier alpha value is -5.34. The molecule has 2 aromatic carbocycles. The monoisotopic (exact) mass is 945 g/mol. The van der Waals surface area contributed by atoms with Crippen LogP contribution in [0, 0.1) is 0 Å². The SMILES string of the molecule is CC(C)(C)OC(=O)NCCCC[C@H](NC(=O)OCc1ccccc1)C(=O)C(N)(CCOCCOCCOCCCN)C(=O)[C@H](CCCCNC(=O)OC(C)(C)C)NC(=O)OCc1ccccc1. The molecule has 0 aliphatic rings. The first-order valence-corrected chi connectivity index (χ1v) is 23.0. The van der Waals surface area contributed by atoms with Crippen LogP contribution in [0.5, 0.6) is 0 Å². The lowest BCUT2D eigenvalue weighted by Crippen LogP contribution is -2.66. The first-order valence-electron chi connectivity index (χ1n) is 23.0. The Morgan fingerprint density at radius 1 is 0.522 bits per heavy atom. The number of carbonyl (C=O) groups excluding carboxylic acids is 6. The molecule has 0 radical (unpaired) electrons. The second-order valence-corrected chi connectivity index (χ2v) is 17.8. The van der Waals surface area contributed by atoms with Crippen LogP contribution in [-0.2, 0) is 56.0 Å². The van der Waals surface area contributed by atoms with Gasteiger partial charge in [0.15, 0.2) is 11.6 Å². The zero-order valence-electron chi connectivity index (χ0n) is 40.3. The average Bonchev–Trinajstić information content (AvgIpc) is 3.27. The molecule has 2 aromatic rings. The molecule has 0 fully saturated rings. The summed E-state index contributed by atoms with van der Waals surface area (Å²) in [5, 5.41) is 10.6. The maximum atomic E-state index is 14.9. The van der Waals surface area contributed by atoms with Gasteiger partial charge in [-0.25, -0.2) is 19.2 Å². The molecule has 0 spiro atoms. The summed E-state index contributed by atoms with van der Waals surface area (Å²) in [5.41, 5.74) is 10.1. The van der Waals surface area contributed by atoms with Crippen molar-refractivity contribution in [3.8, 4) is 0 Å². The van der Waals surface area contributed by atoms with Gasteiger partial charge in [-0.1, -0.05) is 60.7 Å². The number of alkyl carbamates (subject to hydrolysis) is 4. The van der Waals surface area contributed by atoms with E-state index in [2.05, 4.69) is 21.3 Å². The number of hydrogen-bond donors (Lipinski definition) is 6. The van der Waals surface area contributed by atoms with Crippen molar-refractivity contribution in [2.24, 2.45) is 11.5 Å². The highest BCUT2D eigenvalue weighted by molar-refractivity contribution is 6.16. The predicted octanol–water partition coefficient (Wildman–Crippen LogP) is 5.59. The highest BCUT2D eigenvalue weighted by atomic mass is 16.6. The van der Waals surface area contributed by atoms with E-state index in [1.807, 2.05) is 12.1 Å². The fourth-order valence-electron chi connectivity index (χ4n) is 6.26. The van der Waals surface area contributed by atoms with E-state index in [-0.39, 0.29) is 78.2 Å². The van der Waals surface area contributed by atoms with Gasteiger partial charge >= 0.3 is 24.4 Å². The van der Waals surface area contributed by atoms with E-state index in [0.717, 1.165) is 6.42 Å². The zero-order valence-corrected chi connectivity index (χ0v) is 40.3. The minimum absolute atomic E-state index is 0.00288. The summed E-state index contributed by atoms with van der Waals surface area (Å²) in [4.78, 5) is 81.1. The molecular weight excluding hydrogens is 869 g/mol. The van der Waals surface area contributed by atoms with Crippen molar-refractivity contribution in [3.63, 3.8) is 0 Å². The van der Waals surface area contributed by atoms with Gasteiger partial charge in [0.25, 0.3) is 0 Å². The maximum absolute atomic E-state index is 14.9. The minimum atomic E-state index is -2.34. The van der Waals surface area contributed by atoms with Gasteiger partial charge in [0.05, 0.1) is 38.5 Å². The summed E-state index contributed by atoms with van der Waals surface area (Å²) in [7, 11) is 0. The molecule has 67 heavy (non-hydrogen) atoms. The minimum Gasteiger partial charge on any atom is -0.445 e. The van der Waals surface area contributed by atoms with E-state index < -0.39 is 64.8 Å². The molecule has 8 N–H and O–H groups in total. The number of carbonyl (C=O) groups is 6. The molecule has 0 saturated carbocycles. The number of amides is 4. The second-order valence-electron chi connectivity index (χ2n) is 17.8. The molecule has 2 atom stereocenters. The summed E-state index contributed by atoms with van der Waals surface area (Å²) in [5.74, 6) is -1.69. The van der Waals surface area contributed by atoms with Crippen molar-refractivity contribution in [1.29, 1.82) is 0 Å². The van der Waals surface area contributed by atoms with E-state index in [9.17, 15) is 28.8 Å². The number of rotatable bonds is 32. The van der Waals surface area contributed by atoms with E-state index >= 15 is 0 Å². The lowest BCUT2D eigenvalue weighted by atomic mass is 9.78.